The number of rotatable bonds is 5. The van der Waals surface area contributed by atoms with Crippen LogP contribution in [0.25, 0.3) is 0 Å². The minimum absolute atomic E-state index is 0.197. The van der Waals surface area contributed by atoms with Gasteiger partial charge in [0.25, 0.3) is 0 Å². The molecule has 0 aromatic heterocycles. The lowest BCUT2D eigenvalue weighted by atomic mass is 9.86. The van der Waals surface area contributed by atoms with Gasteiger partial charge >= 0.3 is 0 Å². The molecule has 0 aliphatic heterocycles. The first-order valence-corrected chi connectivity index (χ1v) is 6.39. The molecule has 0 radical (unpaired) electrons. The molecule has 0 amide bonds. The molecule has 2 heteroatoms. The summed E-state index contributed by atoms with van der Waals surface area (Å²) >= 11 is 0. The normalized spacial score (nSPS) is 11.6. The molecule has 0 unspecified atom stereocenters. The smallest absolute Gasteiger partial charge is 0.122 e. The SMILES string of the molecule is Cc1cc(C(C)(C)C)ccc1OCCCCN. The lowest BCUT2D eigenvalue weighted by Gasteiger charge is -2.20. The molecule has 0 fully saturated rings. The lowest BCUT2D eigenvalue weighted by Crippen LogP contribution is -2.11. The fourth-order valence-corrected chi connectivity index (χ4v) is 1.71. The van der Waals surface area contributed by atoms with E-state index in [1.807, 2.05) is 0 Å². The third-order valence-electron chi connectivity index (χ3n) is 2.90. The summed E-state index contributed by atoms with van der Waals surface area (Å²) in [5, 5.41) is 0. The number of hydrogen-bond donors (Lipinski definition) is 1. The molecule has 1 aromatic rings. The minimum atomic E-state index is 0.197. The summed E-state index contributed by atoms with van der Waals surface area (Å²) in [5.74, 6) is 0.995. The monoisotopic (exact) mass is 235 g/mol. The van der Waals surface area contributed by atoms with Gasteiger partial charge < -0.3 is 10.5 Å². The highest BCUT2D eigenvalue weighted by molar-refractivity contribution is 5.38. The van der Waals surface area contributed by atoms with Gasteiger partial charge in [0, 0.05) is 0 Å². The Hall–Kier alpha value is -1.02. The maximum atomic E-state index is 5.75. The number of nitrogens with two attached hydrogens (primary N) is 1. The van der Waals surface area contributed by atoms with Gasteiger partial charge in [-0.15, -0.1) is 0 Å². The van der Waals surface area contributed by atoms with Gasteiger partial charge in [-0.3, -0.25) is 0 Å². The van der Waals surface area contributed by atoms with Crippen molar-refractivity contribution in [2.75, 3.05) is 13.2 Å². The van der Waals surface area contributed by atoms with Crippen LogP contribution < -0.4 is 10.5 Å². The van der Waals surface area contributed by atoms with Gasteiger partial charge in [0.05, 0.1) is 6.61 Å². The topological polar surface area (TPSA) is 35.2 Å². The highest BCUT2D eigenvalue weighted by Crippen LogP contribution is 2.27. The first kappa shape index (κ1) is 14.0. The summed E-state index contributed by atoms with van der Waals surface area (Å²) in [4.78, 5) is 0. The van der Waals surface area contributed by atoms with Crippen LogP contribution >= 0.6 is 0 Å². The molecule has 1 aromatic carbocycles. The van der Waals surface area contributed by atoms with E-state index in [1.165, 1.54) is 11.1 Å². The number of hydrogen-bond acceptors (Lipinski definition) is 2. The maximum Gasteiger partial charge on any atom is 0.122 e. The van der Waals surface area contributed by atoms with E-state index in [9.17, 15) is 0 Å². The standard InChI is InChI=1S/C15H25NO/c1-12-11-13(15(2,3)4)7-8-14(12)17-10-6-5-9-16/h7-8,11H,5-6,9-10,16H2,1-4H3. The van der Waals surface area contributed by atoms with Crippen molar-refractivity contribution >= 4 is 0 Å². The Morgan fingerprint density at radius 1 is 1.18 bits per heavy atom. The van der Waals surface area contributed by atoms with Crippen LogP contribution in [0.5, 0.6) is 5.75 Å². The Balaban J connectivity index is 2.64. The van der Waals surface area contributed by atoms with E-state index in [4.69, 9.17) is 10.5 Å². The van der Waals surface area contributed by atoms with Crippen molar-refractivity contribution in [1.29, 1.82) is 0 Å². The van der Waals surface area contributed by atoms with E-state index < -0.39 is 0 Å². The van der Waals surface area contributed by atoms with E-state index in [1.54, 1.807) is 0 Å². The molecule has 0 heterocycles. The van der Waals surface area contributed by atoms with Crippen LogP contribution in [0.1, 0.15) is 44.7 Å². The molecule has 2 N–H and O–H groups in total. The predicted octanol–water partition coefficient (Wildman–Crippen LogP) is 3.41. The number of aryl methyl sites for hydroxylation is 1. The molecule has 0 aliphatic carbocycles. The van der Waals surface area contributed by atoms with E-state index >= 15 is 0 Å². The highest BCUT2D eigenvalue weighted by atomic mass is 16.5. The third kappa shape index (κ3) is 4.39. The van der Waals surface area contributed by atoms with E-state index in [0.717, 1.165) is 31.7 Å². The van der Waals surface area contributed by atoms with Gasteiger partial charge in [0.1, 0.15) is 5.75 Å². The summed E-state index contributed by atoms with van der Waals surface area (Å²) in [6, 6.07) is 6.46. The van der Waals surface area contributed by atoms with Crippen molar-refractivity contribution in [2.24, 2.45) is 5.73 Å². The molecule has 0 aliphatic rings. The van der Waals surface area contributed by atoms with Gasteiger partial charge in [-0.05, 0) is 48.9 Å². The van der Waals surface area contributed by atoms with Crippen LogP contribution in [0.3, 0.4) is 0 Å². The van der Waals surface area contributed by atoms with Crippen LogP contribution in [-0.2, 0) is 5.41 Å². The summed E-state index contributed by atoms with van der Waals surface area (Å²) in [7, 11) is 0. The molecule has 0 saturated heterocycles. The minimum Gasteiger partial charge on any atom is -0.493 e. The second kappa shape index (κ2) is 6.06. The van der Waals surface area contributed by atoms with Crippen molar-refractivity contribution in [3.8, 4) is 5.75 Å². The van der Waals surface area contributed by atoms with Gasteiger partial charge in [0.2, 0.25) is 0 Å². The van der Waals surface area contributed by atoms with Crippen LogP contribution in [0, 0.1) is 6.92 Å². The Morgan fingerprint density at radius 3 is 2.41 bits per heavy atom. The zero-order valence-corrected chi connectivity index (χ0v) is 11.5. The van der Waals surface area contributed by atoms with Gasteiger partial charge in [-0.2, -0.15) is 0 Å². The molecule has 0 spiro atoms. The van der Waals surface area contributed by atoms with E-state index in [2.05, 4.69) is 45.9 Å². The zero-order chi connectivity index (χ0) is 12.9. The molecule has 1 rings (SSSR count). The molecular formula is C15H25NO. The van der Waals surface area contributed by atoms with Gasteiger partial charge in [-0.25, -0.2) is 0 Å². The zero-order valence-electron chi connectivity index (χ0n) is 11.5. The molecule has 17 heavy (non-hydrogen) atoms. The molecule has 0 bridgehead atoms. The number of ether oxygens (including phenoxy) is 1. The van der Waals surface area contributed by atoms with Crippen LogP contribution in [-0.4, -0.2) is 13.2 Å². The third-order valence-corrected chi connectivity index (χ3v) is 2.90. The number of unbranched alkanes of at least 4 members (excludes halogenated alkanes) is 1. The summed E-state index contributed by atoms with van der Waals surface area (Å²) in [6.07, 6.45) is 2.05. The summed E-state index contributed by atoms with van der Waals surface area (Å²) in [6.45, 7) is 10.3. The molecular weight excluding hydrogens is 210 g/mol. The summed E-state index contributed by atoms with van der Waals surface area (Å²) in [5.41, 5.74) is 8.21. The molecule has 0 atom stereocenters. The van der Waals surface area contributed by atoms with Crippen LogP contribution in [0.2, 0.25) is 0 Å². The number of benzene rings is 1. The summed E-state index contributed by atoms with van der Waals surface area (Å²) < 4.78 is 5.75. The first-order chi connectivity index (χ1) is 7.95. The van der Waals surface area contributed by atoms with Crippen molar-refractivity contribution in [3.05, 3.63) is 29.3 Å². The predicted molar refractivity (Wildman–Crippen MR) is 73.7 cm³/mol. The van der Waals surface area contributed by atoms with Crippen LogP contribution in [0.15, 0.2) is 18.2 Å². The quantitative estimate of drug-likeness (QED) is 0.794. The van der Waals surface area contributed by atoms with Crippen molar-refractivity contribution in [2.45, 2.75) is 46.0 Å². The largest absolute Gasteiger partial charge is 0.493 e. The van der Waals surface area contributed by atoms with Gasteiger partial charge in [0.15, 0.2) is 0 Å². The molecule has 2 nitrogen and oxygen atoms in total. The molecule has 0 saturated carbocycles. The Bertz CT molecular complexity index is 352. The maximum absolute atomic E-state index is 5.75. The molecule has 96 valence electrons. The average molecular weight is 235 g/mol. The Kier molecular flexibility index (Phi) is 5.01. The second-order valence-electron chi connectivity index (χ2n) is 5.57. The highest BCUT2D eigenvalue weighted by Gasteiger charge is 2.14. The lowest BCUT2D eigenvalue weighted by molar-refractivity contribution is 0.305. The average Bonchev–Trinajstić information content (AvgIpc) is 2.24. The fraction of sp³-hybridized carbons (Fsp3) is 0.600. The Morgan fingerprint density at radius 2 is 1.88 bits per heavy atom. The van der Waals surface area contributed by atoms with Crippen LogP contribution in [0.4, 0.5) is 0 Å². The van der Waals surface area contributed by atoms with E-state index in [0.29, 0.717) is 0 Å². The van der Waals surface area contributed by atoms with Crippen molar-refractivity contribution < 1.29 is 4.74 Å². The first-order valence-electron chi connectivity index (χ1n) is 6.39. The second-order valence-corrected chi connectivity index (χ2v) is 5.57. The fourth-order valence-electron chi connectivity index (χ4n) is 1.71. The van der Waals surface area contributed by atoms with Crippen molar-refractivity contribution in [3.63, 3.8) is 0 Å². The van der Waals surface area contributed by atoms with Gasteiger partial charge in [-0.1, -0.05) is 32.9 Å². The Labute approximate surface area is 105 Å². The van der Waals surface area contributed by atoms with E-state index in [-0.39, 0.29) is 5.41 Å². The van der Waals surface area contributed by atoms with Crippen molar-refractivity contribution in [1.82, 2.24) is 0 Å².